The fourth-order valence-electron chi connectivity index (χ4n) is 2.81. The monoisotopic (exact) mass is 236 g/mol. The van der Waals surface area contributed by atoms with Gasteiger partial charge in [0.05, 0.1) is 0 Å². The van der Waals surface area contributed by atoms with Crippen molar-refractivity contribution in [1.82, 2.24) is 0 Å². The predicted molar refractivity (Wildman–Crippen MR) is 69.4 cm³/mol. The SMILES string of the molecule is CC(C)=CCC[C@@H](C)[C@@H]1C[C@@H]2OO[C@H]1C=C2C. The molecule has 3 aliphatic rings. The largest absolute Gasteiger partial charge is 0.228 e. The summed E-state index contributed by atoms with van der Waals surface area (Å²) in [7, 11) is 0. The van der Waals surface area contributed by atoms with Crippen molar-refractivity contribution in [3.8, 4) is 0 Å². The number of rotatable bonds is 4. The molecule has 1 aliphatic carbocycles. The van der Waals surface area contributed by atoms with Gasteiger partial charge in [0.25, 0.3) is 0 Å². The summed E-state index contributed by atoms with van der Waals surface area (Å²) < 4.78 is 0. The first-order valence-corrected chi connectivity index (χ1v) is 6.71. The molecule has 0 unspecified atom stereocenters. The first kappa shape index (κ1) is 12.8. The molecular weight excluding hydrogens is 212 g/mol. The van der Waals surface area contributed by atoms with E-state index in [1.165, 1.54) is 24.0 Å². The number of fused-ring (bicyclic) bond motifs is 2. The highest BCUT2D eigenvalue weighted by Gasteiger charge is 2.39. The van der Waals surface area contributed by atoms with Gasteiger partial charge < -0.3 is 0 Å². The summed E-state index contributed by atoms with van der Waals surface area (Å²) in [5, 5.41) is 0. The van der Waals surface area contributed by atoms with Crippen LogP contribution in [0, 0.1) is 11.8 Å². The molecule has 1 saturated heterocycles. The summed E-state index contributed by atoms with van der Waals surface area (Å²) in [4.78, 5) is 10.7. The zero-order valence-corrected chi connectivity index (χ0v) is 11.4. The first-order valence-electron chi connectivity index (χ1n) is 6.71. The summed E-state index contributed by atoms with van der Waals surface area (Å²) in [6.07, 6.45) is 8.52. The van der Waals surface area contributed by atoms with Crippen LogP contribution in [0.1, 0.15) is 47.0 Å². The topological polar surface area (TPSA) is 18.5 Å². The smallest absolute Gasteiger partial charge is 0.115 e. The van der Waals surface area contributed by atoms with Crippen LogP contribution in [-0.4, -0.2) is 12.2 Å². The summed E-state index contributed by atoms with van der Waals surface area (Å²) in [6, 6.07) is 0. The molecule has 17 heavy (non-hydrogen) atoms. The van der Waals surface area contributed by atoms with Crippen LogP contribution in [0.3, 0.4) is 0 Å². The summed E-state index contributed by atoms with van der Waals surface area (Å²) in [6.45, 7) is 8.81. The summed E-state index contributed by atoms with van der Waals surface area (Å²) >= 11 is 0. The van der Waals surface area contributed by atoms with Crippen LogP contribution in [0.2, 0.25) is 0 Å². The maximum Gasteiger partial charge on any atom is 0.115 e. The van der Waals surface area contributed by atoms with E-state index >= 15 is 0 Å². The van der Waals surface area contributed by atoms with Crippen LogP contribution < -0.4 is 0 Å². The van der Waals surface area contributed by atoms with E-state index in [4.69, 9.17) is 9.78 Å². The molecule has 2 heteroatoms. The van der Waals surface area contributed by atoms with E-state index in [-0.39, 0.29) is 12.2 Å². The highest BCUT2D eigenvalue weighted by Crippen LogP contribution is 2.39. The number of allylic oxidation sites excluding steroid dienone is 2. The van der Waals surface area contributed by atoms with Crippen molar-refractivity contribution in [2.45, 2.75) is 59.2 Å². The Hall–Kier alpha value is -0.600. The maximum atomic E-state index is 5.42. The Kier molecular flexibility index (Phi) is 4.05. The molecule has 3 rings (SSSR count). The van der Waals surface area contributed by atoms with Gasteiger partial charge in [0.15, 0.2) is 0 Å². The fraction of sp³-hybridized carbons (Fsp3) is 0.733. The van der Waals surface area contributed by atoms with Gasteiger partial charge >= 0.3 is 0 Å². The number of hydrogen-bond donors (Lipinski definition) is 0. The van der Waals surface area contributed by atoms with Crippen molar-refractivity contribution in [2.75, 3.05) is 0 Å². The summed E-state index contributed by atoms with van der Waals surface area (Å²) in [5.41, 5.74) is 2.76. The Labute approximate surface area is 105 Å². The molecule has 96 valence electrons. The number of hydrogen-bond acceptors (Lipinski definition) is 2. The van der Waals surface area contributed by atoms with Gasteiger partial charge in [0.2, 0.25) is 0 Å². The van der Waals surface area contributed by atoms with Gasteiger partial charge in [-0.3, -0.25) is 0 Å². The van der Waals surface area contributed by atoms with Crippen molar-refractivity contribution in [2.24, 2.45) is 11.8 Å². The van der Waals surface area contributed by atoms with Gasteiger partial charge in [-0.1, -0.05) is 24.6 Å². The van der Waals surface area contributed by atoms with E-state index in [0.717, 1.165) is 6.42 Å². The van der Waals surface area contributed by atoms with E-state index < -0.39 is 0 Å². The molecule has 0 saturated carbocycles. The molecule has 0 amide bonds. The molecule has 0 spiro atoms. The first-order chi connectivity index (χ1) is 8.08. The average Bonchev–Trinajstić information content (AvgIpc) is 2.28. The third-order valence-corrected chi connectivity index (χ3v) is 4.03. The minimum absolute atomic E-state index is 0.182. The molecule has 2 nitrogen and oxygen atoms in total. The zero-order valence-electron chi connectivity index (χ0n) is 11.4. The van der Waals surface area contributed by atoms with Gasteiger partial charge in [-0.25, -0.2) is 9.78 Å². The van der Waals surface area contributed by atoms with E-state index in [9.17, 15) is 0 Å². The minimum Gasteiger partial charge on any atom is -0.228 e. The predicted octanol–water partition coefficient (Wildman–Crippen LogP) is 4.03. The molecule has 4 atom stereocenters. The highest BCUT2D eigenvalue weighted by molar-refractivity contribution is 5.16. The Bertz CT molecular complexity index is 326. The van der Waals surface area contributed by atoms with Crippen molar-refractivity contribution in [3.05, 3.63) is 23.3 Å². The quantitative estimate of drug-likeness (QED) is 0.542. The summed E-state index contributed by atoms with van der Waals surface area (Å²) in [5.74, 6) is 1.33. The molecule has 1 fully saturated rings. The lowest BCUT2D eigenvalue weighted by Gasteiger charge is -2.41. The Morgan fingerprint density at radius 1 is 1.47 bits per heavy atom. The second-order valence-electron chi connectivity index (χ2n) is 5.79. The van der Waals surface area contributed by atoms with Gasteiger partial charge in [-0.15, -0.1) is 0 Å². The zero-order chi connectivity index (χ0) is 12.4. The fourth-order valence-corrected chi connectivity index (χ4v) is 2.81. The van der Waals surface area contributed by atoms with Crippen LogP contribution >= 0.6 is 0 Å². The molecular formula is C15H24O2. The van der Waals surface area contributed by atoms with Crippen molar-refractivity contribution in [3.63, 3.8) is 0 Å². The Balaban J connectivity index is 1.89. The van der Waals surface area contributed by atoms with Crippen LogP contribution in [0.5, 0.6) is 0 Å². The van der Waals surface area contributed by atoms with E-state index in [1.54, 1.807) is 0 Å². The molecule has 0 radical (unpaired) electrons. The second kappa shape index (κ2) is 5.36. The van der Waals surface area contributed by atoms with Crippen molar-refractivity contribution < 1.29 is 9.78 Å². The van der Waals surface area contributed by atoms with Gasteiger partial charge in [-0.2, -0.15) is 0 Å². The Morgan fingerprint density at radius 3 is 2.76 bits per heavy atom. The van der Waals surface area contributed by atoms with Gasteiger partial charge in [0, 0.05) is 0 Å². The molecule has 2 heterocycles. The molecule has 0 aromatic carbocycles. The highest BCUT2D eigenvalue weighted by atomic mass is 17.2. The van der Waals surface area contributed by atoms with Crippen LogP contribution in [-0.2, 0) is 9.78 Å². The maximum absolute atomic E-state index is 5.42. The third-order valence-electron chi connectivity index (χ3n) is 4.03. The van der Waals surface area contributed by atoms with E-state index in [2.05, 4.69) is 39.8 Å². The van der Waals surface area contributed by atoms with Crippen LogP contribution in [0.4, 0.5) is 0 Å². The van der Waals surface area contributed by atoms with Crippen LogP contribution in [0.25, 0.3) is 0 Å². The Morgan fingerprint density at radius 2 is 2.24 bits per heavy atom. The van der Waals surface area contributed by atoms with E-state index in [1.807, 2.05) is 0 Å². The lowest BCUT2D eigenvalue weighted by atomic mass is 9.76. The van der Waals surface area contributed by atoms with E-state index in [0.29, 0.717) is 11.8 Å². The average molecular weight is 236 g/mol. The van der Waals surface area contributed by atoms with Crippen LogP contribution in [0.15, 0.2) is 23.3 Å². The standard InChI is InChI=1S/C15H24O2/c1-10(2)6-5-7-11(3)13-9-14-12(4)8-15(13)17-16-14/h6,8,11,13-15H,5,7,9H2,1-4H3/t11-,13+,14+,15+/m1/s1. The molecule has 0 aromatic rings. The molecule has 0 N–H and O–H groups in total. The molecule has 0 aromatic heterocycles. The van der Waals surface area contributed by atoms with Gasteiger partial charge in [-0.05, 0) is 57.4 Å². The van der Waals surface area contributed by atoms with Crippen molar-refractivity contribution >= 4 is 0 Å². The molecule has 2 aliphatic heterocycles. The van der Waals surface area contributed by atoms with Gasteiger partial charge in [0.1, 0.15) is 12.2 Å². The lowest BCUT2D eigenvalue weighted by molar-refractivity contribution is -0.380. The normalized spacial score (nSPS) is 33.2. The minimum atomic E-state index is 0.182. The second-order valence-corrected chi connectivity index (χ2v) is 5.79. The lowest BCUT2D eigenvalue weighted by Crippen LogP contribution is -2.43. The van der Waals surface area contributed by atoms with Crippen molar-refractivity contribution in [1.29, 1.82) is 0 Å². The molecule has 2 bridgehead atoms. The third kappa shape index (κ3) is 2.99.